The molecule has 11 heteroatoms. The van der Waals surface area contributed by atoms with Gasteiger partial charge in [-0.1, -0.05) is 12.1 Å². The highest BCUT2D eigenvalue weighted by atomic mass is 19.3. The van der Waals surface area contributed by atoms with E-state index in [1.165, 1.54) is 43.2 Å². The minimum Gasteiger partial charge on any atom is -0.433 e. The molecule has 2 heterocycles. The van der Waals surface area contributed by atoms with Crippen LogP contribution in [0.15, 0.2) is 40.2 Å². The highest BCUT2D eigenvalue weighted by Crippen LogP contribution is 2.25. The molecular formula is C18H19F2N5O4. The van der Waals surface area contributed by atoms with Gasteiger partial charge < -0.3 is 14.6 Å². The average molecular weight is 407 g/mol. The third-order valence-electron chi connectivity index (χ3n) is 4.40. The lowest BCUT2D eigenvalue weighted by molar-refractivity contribution is -0.116. The first kappa shape index (κ1) is 20.2. The molecule has 154 valence electrons. The Morgan fingerprint density at radius 1 is 1.21 bits per heavy atom. The predicted octanol–water partition coefficient (Wildman–Crippen LogP) is 1.45. The number of hydrogen-bond donors (Lipinski definition) is 1. The minimum absolute atomic E-state index is 0.0781. The summed E-state index contributed by atoms with van der Waals surface area (Å²) in [7, 11) is 2.90. The van der Waals surface area contributed by atoms with E-state index in [2.05, 4.69) is 15.0 Å². The van der Waals surface area contributed by atoms with E-state index in [1.54, 1.807) is 10.6 Å². The number of ether oxygens (including phenoxy) is 1. The maximum atomic E-state index is 12.4. The minimum atomic E-state index is -3.00. The monoisotopic (exact) mass is 407 g/mol. The van der Waals surface area contributed by atoms with E-state index < -0.39 is 17.9 Å². The van der Waals surface area contributed by atoms with Crippen molar-refractivity contribution < 1.29 is 18.3 Å². The number of carbonyl (C=O) groups excluding carboxylic acids is 1. The molecular weight excluding hydrogens is 388 g/mol. The number of halogens is 2. The molecule has 3 aromatic rings. The molecule has 9 nitrogen and oxygen atoms in total. The Balaban J connectivity index is 1.68. The Labute approximate surface area is 163 Å². The summed E-state index contributed by atoms with van der Waals surface area (Å²) in [5.41, 5.74) is -0.263. The van der Waals surface area contributed by atoms with E-state index in [9.17, 15) is 23.2 Å². The van der Waals surface area contributed by atoms with Crippen LogP contribution in [0, 0.1) is 0 Å². The van der Waals surface area contributed by atoms with E-state index >= 15 is 0 Å². The molecule has 0 saturated heterocycles. The van der Waals surface area contributed by atoms with Crippen LogP contribution in [0.4, 0.5) is 14.5 Å². The number of nitrogens with one attached hydrogen (secondary N) is 1. The SMILES string of the molecule is Cn1c(=O)c2c(ncn2CCCC(=O)Nc2ccccc2OC(F)F)n(C)c1=O. The molecule has 1 aromatic carbocycles. The Morgan fingerprint density at radius 3 is 2.66 bits per heavy atom. The van der Waals surface area contributed by atoms with Crippen molar-refractivity contribution in [3.63, 3.8) is 0 Å². The summed E-state index contributed by atoms with van der Waals surface area (Å²) in [6.07, 6.45) is 1.88. The maximum absolute atomic E-state index is 12.4. The van der Waals surface area contributed by atoms with E-state index in [4.69, 9.17) is 0 Å². The van der Waals surface area contributed by atoms with Gasteiger partial charge in [0.25, 0.3) is 5.56 Å². The van der Waals surface area contributed by atoms with Gasteiger partial charge in [-0.2, -0.15) is 8.78 Å². The van der Waals surface area contributed by atoms with Gasteiger partial charge in [0.2, 0.25) is 5.91 Å². The van der Waals surface area contributed by atoms with Crippen LogP contribution in [-0.4, -0.2) is 31.2 Å². The first-order valence-corrected chi connectivity index (χ1v) is 8.74. The van der Waals surface area contributed by atoms with E-state index in [0.29, 0.717) is 13.0 Å². The van der Waals surface area contributed by atoms with Crippen molar-refractivity contribution in [2.24, 2.45) is 14.1 Å². The molecule has 29 heavy (non-hydrogen) atoms. The van der Waals surface area contributed by atoms with Crippen molar-refractivity contribution in [1.82, 2.24) is 18.7 Å². The molecule has 0 aliphatic carbocycles. The number of hydrogen-bond acceptors (Lipinski definition) is 5. The number of alkyl halides is 2. The molecule has 0 fully saturated rings. The van der Waals surface area contributed by atoms with Gasteiger partial charge in [-0.05, 0) is 18.6 Å². The van der Waals surface area contributed by atoms with Crippen molar-refractivity contribution in [2.45, 2.75) is 26.0 Å². The topological polar surface area (TPSA) is 100 Å². The second-order valence-corrected chi connectivity index (χ2v) is 6.34. The summed E-state index contributed by atoms with van der Waals surface area (Å²) in [6.45, 7) is -2.69. The molecule has 0 aliphatic rings. The average Bonchev–Trinajstić information content (AvgIpc) is 3.10. The number of nitrogens with zero attached hydrogens (tertiary/aromatic N) is 4. The summed E-state index contributed by atoms with van der Waals surface area (Å²) in [4.78, 5) is 40.6. The lowest BCUT2D eigenvalue weighted by Crippen LogP contribution is -2.37. The molecule has 0 bridgehead atoms. The number of amides is 1. The van der Waals surface area contributed by atoms with Gasteiger partial charge in [-0.3, -0.25) is 18.7 Å². The van der Waals surface area contributed by atoms with Crippen molar-refractivity contribution in [3.8, 4) is 5.75 Å². The molecule has 0 saturated carbocycles. The number of carbonyl (C=O) groups is 1. The first-order chi connectivity index (χ1) is 13.8. The van der Waals surface area contributed by atoms with Crippen molar-refractivity contribution in [2.75, 3.05) is 5.32 Å². The number of aryl methyl sites for hydroxylation is 2. The molecule has 0 aliphatic heterocycles. The molecule has 1 N–H and O–H groups in total. The number of aromatic nitrogens is 4. The number of benzene rings is 1. The lowest BCUT2D eigenvalue weighted by atomic mass is 10.2. The molecule has 2 aromatic heterocycles. The van der Waals surface area contributed by atoms with Crippen molar-refractivity contribution >= 4 is 22.8 Å². The Morgan fingerprint density at radius 2 is 1.93 bits per heavy atom. The molecule has 1 amide bonds. The van der Waals surface area contributed by atoms with Crippen LogP contribution in [0.2, 0.25) is 0 Å². The smallest absolute Gasteiger partial charge is 0.387 e. The van der Waals surface area contributed by atoms with Crippen LogP contribution >= 0.6 is 0 Å². The second kappa shape index (κ2) is 8.25. The molecule has 0 radical (unpaired) electrons. The van der Waals surface area contributed by atoms with Gasteiger partial charge in [-0.25, -0.2) is 9.78 Å². The van der Waals surface area contributed by atoms with E-state index in [0.717, 1.165) is 4.57 Å². The summed E-state index contributed by atoms with van der Waals surface area (Å²) in [5.74, 6) is -0.513. The number of anilines is 1. The lowest BCUT2D eigenvalue weighted by Gasteiger charge is -2.11. The third-order valence-corrected chi connectivity index (χ3v) is 4.40. The Hall–Kier alpha value is -3.50. The van der Waals surface area contributed by atoms with Crippen molar-refractivity contribution in [1.29, 1.82) is 0 Å². The van der Waals surface area contributed by atoms with Crippen LogP contribution in [0.1, 0.15) is 12.8 Å². The Bertz CT molecular complexity index is 1170. The number of para-hydroxylation sites is 2. The number of imidazole rings is 1. The quantitative estimate of drug-likeness (QED) is 0.639. The van der Waals surface area contributed by atoms with Gasteiger partial charge in [0, 0.05) is 27.1 Å². The molecule has 0 atom stereocenters. The molecule has 0 unspecified atom stereocenters. The number of fused-ring (bicyclic) bond motifs is 1. The van der Waals surface area contributed by atoms with Gasteiger partial charge >= 0.3 is 12.3 Å². The zero-order valence-electron chi connectivity index (χ0n) is 15.8. The highest BCUT2D eigenvalue weighted by Gasteiger charge is 2.15. The summed E-state index contributed by atoms with van der Waals surface area (Å²) in [6, 6.07) is 5.90. The summed E-state index contributed by atoms with van der Waals surface area (Å²) < 4.78 is 33.1. The zero-order chi connectivity index (χ0) is 21.1. The second-order valence-electron chi connectivity index (χ2n) is 6.34. The Kier molecular flexibility index (Phi) is 5.76. The predicted molar refractivity (Wildman–Crippen MR) is 101 cm³/mol. The molecule has 3 rings (SSSR count). The normalized spacial score (nSPS) is 11.2. The first-order valence-electron chi connectivity index (χ1n) is 8.74. The van der Waals surface area contributed by atoms with Crippen LogP contribution in [-0.2, 0) is 25.4 Å². The highest BCUT2D eigenvalue weighted by molar-refractivity contribution is 5.92. The zero-order valence-corrected chi connectivity index (χ0v) is 15.8. The summed E-state index contributed by atoms with van der Waals surface area (Å²) >= 11 is 0. The van der Waals surface area contributed by atoms with Crippen LogP contribution in [0.3, 0.4) is 0 Å². The van der Waals surface area contributed by atoms with Crippen LogP contribution in [0.25, 0.3) is 11.2 Å². The molecule has 0 spiro atoms. The van der Waals surface area contributed by atoms with Gasteiger partial charge in [-0.15, -0.1) is 0 Å². The summed E-state index contributed by atoms with van der Waals surface area (Å²) in [5, 5.41) is 2.54. The third kappa shape index (κ3) is 4.18. The van der Waals surface area contributed by atoms with Crippen LogP contribution < -0.4 is 21.3 Å². The fraction of sp³-hybridized carbons (Fsp3) is 0.333. The van der Waals surface area contributed by atoms with E-state index in [1.807, 2.05) is 0 Å². The van der Waals surface area contributed by atoms with Crippen molar-refractivity contribution in [3.05, 3.63) is 51.4 Å². The number of rotatable bonds is 7. The van der Waals surface area contributed by atoms with Gasteiger partial charge in [0.05, 0.1) is 12.0 Å². The fourth-order valence-electron chi connectivity index (χ4n) is 2.96. The standard InChI is InChI=1S/C18H19F2N5O4/c1-23-15-14(16(27)24(2)18(23)28)25(10-21-15)9-5-8-13(26)22-11-6-3-4-7-12(11)29-17(19)20/h3-4,6-7,10,17H,5,8-9H2,1-2H3,(H,22,26). The van der Waals surface area contributed by atoms with Gasteiger partial charge in [0.15, 0.2) is 11.2 Å². The maximum Gasteiger partial charge on any atom is 0.387 e. The largest absolute Gasteiger partial charge is 0.433 e. The van der Waals surface area contributed by atoms with Crippen LogP contribution in [0.5, 0.6) is 5.75 Å². The van der Waals surface area contributed by atoms with Gasteiger partial charge in [0.1, 0.15) is 5.75 Å². The fourth-order valence-corrected chi connectivity index (χ4v) is 2.96. The van der Waals surface area contributed by atoms with E-state index in [-0.39, 0.29) is 34.9 Å².